The van der Waals surface area contributed by atoms with Crippen LogP contribution in [0.5, 0.6) is 0 Å². The van der Waals surface area contributed by atoms with E-state index in [-0.39, 0.29) is 11.7 Å². The Hall–Kier alpha value is -3.30. The first-order chi connectivity index (χ1) is 18.8. The number of nitrogens with one attached hydrogen (secondary N) is 2. The second-order valence-electron chi connectivity index (χ2n) is 10.8. The van der Waals surface area contributed by atoms with Gasteiger partial charge >= 0.3 is 6.09 Å². The van der Waals surface area contributed by atoms with Crippen LogP contribution < -0.4 is 5.32 Å². The number of amidine groups is 1. The van der Waals surface area contributed by atoms with Crippen molar-refractivity contribution in [1.29, 1.82) is 5.41 Å². The molecule has 5 rings (SSSR count). The number of carbonyl (C=O) groups is 1. The number of carboxylic acid groups (broad SMARTS) is 1. The van der Waals surface area contributed by atoms with E-state index in [0.717, 1.165) is 51.4 Å². The molecule has 2 aliphatic carbocycles. The van der Waals surface area contributed by atoms with E-state index < -0.39 is 18.0 Å². The zero-order chi connectivity index (χ0) is 27.5. The molecule has 1 amide bonds. The lowest BCUT2D eigenvalue weighted by Gasteiger charge is -2.30. The predicted octanol–water partition coefficient (Wildman–Crippen LogP) is 6.35. The molecule has 9 nitrogen and oxygen atoms in total. The zero-order valence-corrected chi connectivity index (χ0v) is 22.7. The molecule has 1 aromatic carbocycles. The summed E-state index contributed by atoms with van der Waals surface area (Å²) >= 11 is 6.35. The number of halogens is 1. The van der Waals surface area contributed by atoms with Crippen molar-refractivity contribution < 1.29 is 15.0 Å². The van der Waals surface area contributed by atoms with Crippen molar-refractivity contribution in [2.75, 3.05) is 0 Å². The lowest BCUT2D eigenvalue weighted by atomic mass is 9.82. The highest BCUT2D eigenvalue weighted by Crippen LogP contribution is 2.39. The standard InChI is InChI=1S/C29H35ClN6O3/c1-2-17-11-13-18(14-12-17)16-36-23-22(20-9-6-10-21(30)15-20)32-27(25(31)33-29(38)39)34-26(23)35-28(36)24(37)19-7-4-3-5-8-19/h2,6,9-10,15,17-19,24,37H,1,3-5,7-8,11-14,16H2,(H2,31,33)(H,38,39). The molecule has 0 aliphatic heterocycles. The highest BCUT2D eigenvalue weighted by molar-refractivity contribution is 6.30. The molecule has 2 aromatic heterocycles. The van der Waals surface area contributed by atoms with Crippen LogP contribution in [0.3, 0.4) is 0 Å². The Kier molecular flexibility index (Phi) is 8.28. The number of imidazole rings is 1. The van der Waals surface area contributed by atoms with Gasteiger partial charge in [-0.3, -0.25) is 10.7 Å². The number of allylic oxidation sites excluding steroid dienone is 1. The molecule has 3 aromatic rings. The Bertz CT molecular complexity index is 1370. The monoisotopic (exact) mass is 550 g/mol. The van der Waals surface area contributed by atoms with Crippen molar-refractivity contribution in [1.82, 2.24) is 24.8 Å². The number of fused-ring (bicyclic) bond motifs is 1. The third-order valence-corrected chi connectivity index (χ3v) is 8.45. The molecule has 2 fully saturated rings. The van der Waals surface area contributed by atoms with Crippen molar-refractivity contribution in [3.05, 3.63) is 53.6 Å². The molecule has 10 heteroatoms. The summed E-state index contributed by atoms with van der Waals surface area (Å²) in [7, 11) is 0. The van der Waals surface area contributed by atoms with Crippen LogP contribution in [0.1, 0.15) is 75.5 Å². The minimum Gasteiger partial charge on any atom is -0.465 e. The van der Waals surface area contributed by atoms with E-state index in [1.54, 1.807) is 12.1 Å². The number of amides is 1. The number of aliphatic hydroxyl groups excluding tert-OH is 1. The Morgan fingerprint density at radius 3 is 2.56 bits per heavy atom. The van der Waals surface area contributed by atoms with Gasteiger partial charge in [-0.1, -0.05) is 49.1 Å². The van der Waals surface area contributed by atoms with Crippen molar-refractivity contribution in [3.8, 4) is 11.3 Å². The fraction of sp³-hybridized carbons (Fsp3) is 0.483. The fourth-order valence-electron chi connectivity index (χ4n) is 6.10. The van der Waals surface area contributed by atoms with Gasteiger partial charge in [0.1, 0.15) is 23.1 Å². The Morgan fingerprint density at radius 1 is 1.15 bits per heavy atom. The van der Waals surface area contributed by atoms with E-state index in [4.69, 9.17) is 22.0 Å². The van der Waals surface area contributed by atoms with Crippen molar-refractivity contribution in [2.45, 2.75) is 70.4 Å². The molecule has 206 valence electrons. The number of nitrogens with zero attached hydrogens (tertiary/aromatic N) is 4. The molecule has 2 aliphatic rings. The second-order valence-corrected chi connectivity index (χ2v) is 11.3. The summed E-state index contributed by atoms with van der Waals surface area (Å²) < 4.78 is 2.09. The minimum absolute atomic E-state index is 0.0882. The van der Waals surface area contributed by atoms with Gasteiger partial charge in [0, 0.05) is 17.1 Å². The first kappa shape index (κ1) is 27.3. The van der Waals surface area contributed by atoms with E-state index in [9.17, 15) is 15.0 Å². The lowest BCUT2D eigenvalue weighted by Crippen LogP contribution is -2.30. The van der Waals surface area contributed by atoms with Crippen molar-refractivity contribution >= 4 is 34.7 Å². The van der Waals surface area contributed by atoms with Crippen LogP contribution in [0.2, 0.25) is 5.02 Å². The smallest absolute Gasteiger partial charge is 0.410 e. The maximum atomic E-state index is 11.6. The average molecular weight is 551 g/mol. The predicted molar refractivity (Wildman–Crippen MR) is 151 cm³/mol. The molecule has 4 N–H and O–H groups in total. The molecule has 0 saturated heterocycles. The van der Waals surface area contributed by atoms with Crippen LogP contribution in [0.4, 0.5) is 4.79 Å². The van der Waals surface area contributed by atoms with Gasteiger partial charge in [-0.2, -0.15) is 0 Å². The number of aliphatic hydroxyl groups is 1. The summed E-state index contributed by atoms with van der Waals surface area (Å²) in [5, 5.41) is 31.6. The van der Waals surface area contributed by atoms with Crippen LogP contribution in [-0.2, 0) is 6.54 Å². The van der Waals surface area contributed by atoms with Gasteiger partial charge in [0.05, 0.1) is 0 Å². The molecule has 0 bridgehead atoms. The van der Waals surface area contributed by atoms with Crippen molar-refractivity contribution in [3.63, 3.8) is 0 Å². The van der Waals surface area contributed by atoms with Crippen LogP contribution in [0, 0.1) is 23.2 Å². The van der Waals surface area contributed by atoms with Crippen LogP contribution in [0.25, 0.3) is 22.4 Å². The molecule has 1 atom stereocenters. The first-order valence-electron chi connectivity index (χ1n) is 13.8. The molecular formula is C29H35ClN6O3. The maximum Gasteiger partial charge on any atom is 0.410 e. The minimum atomic E-state index is -1.37. The normalized spacial score (nSPS) is 21.0. The number of benzene rings is 1. The Labute approximate surface area is 232 Å². The van der Waals surface area contributed by atoms with Crippen molar-refractivity contribution in [2.24, 2.45) is 17.8 Å². The molecular weight excluding hydrogens is 516 g/mol. The number of hydrogen-bond acceptors (Lipinski definition) is 6. The van der Waals surface area contributed by atoms with Gasteiger partial charge in [0.2, 0.25) is 0 Å². The van der Waals surface area contributed by atoms with Crippen LogP contribution in [-0.4, -0.2) is 41.7 Å². The average Bonchev–Trinajstić information content (AvgIpc) is 3.30. The number of aromatic nitrogens is 4. The van der Waals surface area contributed by atoms with Gasteiger partial charge in [-0.05, 0) is 68.4 Å². The summed E-state index contributed by atoms with van der Waals surface area (Å²) in [4.78, 5) is 25.3. The Balaban J connectivity index is 1.67. The van der Waals surface area contributed by atoms with Crippen LogP contribution in [0.15, 0.2) is 36.9 Å². The zero-order valence-electron chi connectivity index (χ0n) is 21.9. The van der Waals surface area contributed by atoms with E-state index >= 15 is 0 Å². The summed E-state index contributed by atoms with van der Waals surface area (Å²) in [6, 6.07) is 7.24. The van der Waals surface area contributed by atoms with E-state index in [1.165, 1.54) is 6.42 Å². The maximum absolute atomic E-state index is 11.6. The second kappa shape index (κ2) is 11.8. The number of rotatable bonds is 7. The third kappa shape index (κ3) is 5.99. The summed E-state index contributed by atoms with van der Waals surface area (Å²) in [6.45, 7) is 4.64. The molecule has 0 spiro atoms. The van der Waals surface area contributed by atoms with E-state index in [0.29, 0.717) is 51.6 Å². The van der Waals surface area contributed by atoms with Gasteiger partial charge in [0.25, 0.3) is 0 Å². The topological polar surface area (TPSA) is 137 Å². The van der Waals surface area contributed by atoms with E-state index in [2.05, 4.69) is 21.1 Å². The lowest BCUT2D eigenvalue weighted by molar-refractivity contribution is 0.0731. The molecule has 1 unspecified atom stereocenters. The molecule has 39 heavy (non-hydrogen) atoms. The van der Waals surface area contributed by atoms with Gasteiger partial charge in [0.15, 0.2) is 17.3 Å². The molecule has 2 heterocycles. The third-order valence-electron chi connectivity index (χ3n) is 8.21. The first-order valence-corrected chi connectivity index (χ1v) is 14.2. The van der Waals surface area contributed by atoms with Gasteiger partial charge in [-0.15, -0.1) is 6.58 Å². The molecule has 0 radical (unpaired) electrons. The highest BCUT2D eigenvalue weighted by Gasteiger charge is 2.31. The quantitative estimate of drug-likeness (QED) is 0.154. The largest absolute Gasteiger partial charge is 0.465 e. The Morgan fingerprint density at radius 2 is 1.90 bits per heavy atom. The SMILES string of the molecule is C=CC1CCC(Cn2c(C(O)C3CCCCC3)nc3nc(C(=N)NC(=O)O)nc(-c4cccc(Cl)c4)c32)CC1. The molecule has 2 saturated carbocycles. The summed E-state index contributed by atoms with van der Waals surface area (Å²) in [5.74, 6) is 1.08. The van der Waals surface area contributed by atoms with E-state index in [1.807, 2.05) is 23.5 Å². The summed E-state index contributed by atoms with van der Waals surface area (Å²) in [6.07, 6.45) is 9.43. The highest BCUT2D eigenvalue weighted by atomic mass is 35.5. The fourth-order valence-corrected chi connectivity index (χ4v) is 6.29. The number of hydrogen-bond donors (Lipinski definition) is 4. The summed E-state index contributed by atoms with van der Waals surface area (Å²) in [5.41, 5.74) is 2.20. The van der Waals surface area contributed by atoms with Gasteiger partial charge < -0.3 is 14.8 Å². The van der Waals surface area contributed by atoms with Crippen LogP contribution >= 0.6 is 11.6 Å². The van der Waals surface area contributed by atoms with Gasteiger partial charge in [-0.25, -0.2) is 19.7 Å².